The first-order valence-electron chi connectivity index (χ1n) is 6.42. The minimum Gasteiger partial charge on any atom is -0.383 e. The molecule has 0 fully saturated rings. The molecule has 1 N–H and O–H groups in total. The van der Waals surface area contributed by atoms with Crippen molar-refractivity contribution in [2.45, 2.75) is 19.4 Å². The lowest BCUT2D eigenvalue weighted by molar-refractivity contribution is 0.0926. The molecule has 1 rings (SSSR count). The van der Waals surface area contributed by atoms with E-state index in [1.165, 1.54) is 5.57 Å². The second-order valence-corrected chi connectivity index (χ2v) is 4.46. The van der Waals surface area contributed by atoms with Crippen molar-refractivity contribution in [3.05, 3.63) is 11.6 Å². The molecule has 0 spiro atoms. The van der Waals surface area contributed by atoms with Gasteiger partial charge in [-0.2, -0.15) is 0 Å². The molecule has 1 aliphatic heterocycles. The van der Waals surface area contributed by atoms with Crippen molar-refractivity contribution in [3.63, 3.8) is 0 Å². The third-order valence-electron chi connectivity index (χ3n) is 3.17. The lowest BCUT2D eigenvalue weighted by Gasteiger charge is -2.33. The number of ether oxygens (including phenoxy) is 2. The largest absolute Gasteiger partial charge is 0.383 e. The van der Waals surface area contributed by atoms with Crippen molar-refractivity contribution in [2.24, 2.45) is 0 Å². The Hall–Kier alpha value is -0.420. The smallest absolute Gasteiger partial charge is 0.0673 e. The molecule has 0 aromatic rings. The van der Waals surface area contributed by atoms with Gasteiger partial charge in [0.05, 0.1) is 13.2 Å². The zero-order chi connectivity index (χ0) is 12.5. The number of rotatable bonds is 8. The molecule has 0 saturated heterocycles. The van der Waals surface area contributed by atoms with Gasteiger partial charge in [0.1, 0.15) is 0 Å². The molecule has 0 saturated carbocycles. The first-order valence-corrected chi connectivity index (χ1v) is 6.42. The number of hydrogen-bond acceptors (Lipinski definition) is 4. The SMILES string of the molecule is CCNCC(COC)N1CC=C(COC)CC1. The molecule has 0 radical (unpaired) electrons. The topological polar surface area (TPSA) is 33.7 Å². The Bertz CT molecular complexity index is 231. The van der Waals surface area contributed by atoms with E-state index in [0.29, 0.717) is 6.04 Å². The van der Waals surface area contributed by atoms with Gasteiger partial charge < -0.3 is 14.8 Å². The molecule has 4 nitrogen and oxygen atoms in total. The Morgan fingerprint density at radius 2 is 2.24 bits per heavy atom. The van der Waals surface area contributed by atoms with Crippen LogP contribution >= 0.6 is 0 Å². The van der Waals surface area contributed by atoms with Crippen molar-refractivity contribution in [1.82, 2.24) is 10.2 Å². The third-order valence-corrected chi connectivity index (χ3v) is 3.17. The molecule has 1 heterocycles. The zero-order valence-electron chi connectivity index (χ0n) is 11.4. The summed E-state index contributed by atoms with van der Waals surface area (Å²) in [5, 5.41) is 3.40. The van der Waals surface area contributed by atoms with E-state index in [9.17, 15) is 0 Å². The van der Waals surface area contributed by atoms with E-state index >= 15 is 0 Å². The van der Waals surface area contributed by atoms with Crippen molar-refractivity contribution in [2.75, 3.05) is 53.6 Å². The van der Waals surface area contributed by atoms with Crippen LogP contribution in [0.2, 0.25) is 0 Å². The molecule has 0 aromatic heterocycles. The summed E-state index contributed by atoms with van der Waals surface area (Å²) in [6, 6.07) is 0.472. The van der Waals surface area contributed by atoms with Gasteiger partial charge in [-0.3, -0.25) is 4.90 Å². The molecule has 1 unspecified atom stereocenters. The maximum Gasteiger partial charge on any atom is 0.0673 e. The second-order valence-electron chi connectivity index (χ2n) is 4.46. The number of methoxy groups -OCH3 is 2. The van der Waals surface area contributed by atoms with Crippen LogP contribution in [0.5, 0.6) is 0 Å². The van der Waals surface area contributed by atoms with Gasteiger partial charge in [0.2, 0.25) is 0 Å². The summed E-state index contributed by atoms with van der Waals surface area (Å²) >= 11 is 0. The molecule has 100 valence electrons. The Morgan fingerprint density at radius 1 is 1.41 bits per heavy atom. The Kier molecular flexibility index (Phi) is 7.44. The summed E-state index contributed by atoms with van der Waals surface area (Å²) in [5.41, 5.74) is 1.42. The van der Waals surface area contributed by atoms with E-state index in [2.05, 4.69) is 23.2 Å². The van der Waals surface area contributed by atoms with E-state index in [4.69, 9.17) is 9.47 Å². The average Bonchev–Trinajstić information content (AvgIpc) is 2.36. The number of nitrogens with zero attached hydrogens (tertiary/aromatic N) is 1. The summed E-state index contributed by atoms with van der Waals surface area (Å²) in [6.45, 7) is 7.83. The highest BCUT2D eigenvalue weighted by molar-refractivity contribution is 5.08. The molecule has 0 amide bonds. The minimum absolute atomic E-state index is 0.472. The highest BCUT2D eigenvalue weighted by Crippen LogP contribution is 2.13. The Morgan fingerprint density at radius 3 is 2.76 bits per heavy atom. The summed E-state index contributed by atoms with van der Waals surface area (Å²) in [5.74, 6) is 0. The van der Waals surface area contributed by atoms with Gasteiger partial charge in [0.15, 0.2) is 0 Å². The fourth-order valence-electron chi connectivity index (χ4n) is 2.17. The van der Waals surface area contributed by atoms with Crippen molar-refractivity contribution in [3.8, 4) is 0 Å². The number of likely N-dealkylation sites (N-methyl/N-ethyl adjacent to an activating group) is 1. The molecule has 4 heteroatoms. The normalized spacial score (nSPS) is 19.1. The van der Waals surface area contributed by atoms with E-state index in [1.54, 1.807) is 14.2 Å². The van der Waals surface area contributed by atoms with Crippen LogP contribution in [0, 0.1) is 0 Å². The van der Waals surface area contributed by atoms with Crippen molar-refractivity contribution >= 4 is 0 Å². The monoisotopic (exact) mass is 242 g/mol. The highest BCUT2D eigenvalue weighted by atomic mass is 16.5. The van der Waals surface area contributed by atoms with Crippen LogP contribution < -0.4 is 5.32 Å². The maximum absolute atomic E-state index is 5.30. The predicted octanol–water partition coefficient (Wildman–Crippen LogP) is 0.889. The van der Waals surface area contributed by atoms with Crippen LogP contribution in [-0.2, 0) is 9.47 Å². The van der Waals surface area contributed by atoms with Gasteiger partial charge in [0, 0.05) is 39.9 Å². The lowest BCUT2D eigenvalue weighted by atomic mass is 10.1. The van der Waals surface area contributed by atoms with Crippen LogP contribution in [0.4, 0.5) is 0 Å². The van der Waals surface area contributed by atoms with Gasteiger partial charge in [-0.05, 0) is 18.5 Å². The predicted molar refractivity (Wildman–Crippen MR) is 70.4 cm³/mol. The van der Waals surface area contributed by atoms with Gasteiger partial charge in [-0.1, -0.05) is 13.0 Å². The molecule has 1 atom stereocenters. The number of hydrogen-bond donors (Lipinski definition) is 1. The summed E-state index contributed by atoms with van der Waals surface area (Å²) in [7, 11) is 3.53. The lowest BCUT2D eigenvalue weighted by Crippen LogP contribution is -2.47. The van der Waals surface area contributed by atoms with Gasteiger partial charge in [-0.25, -0.2) is 0 Å². The van der Waals surface area contributed by atoms with E-state index in [-0.39, 0.29) is 0 Å². The summed E-state index contributed by atoms with van der Waals surface area (Å²) in [6.07, 6.45) is 3.40. The van der Waals surface area contributed by atoms with Crippen molar-refractivity contribution in [1.29, 1.82) is 0 Å². The van der Waals surface area contributed by atoms with Crippen LogP contribution in [0.3, 0.4) is 0 Å². The van der Waals surface area contributed by atoms with Crippen LogP contribution in [0.25, 0.3) is 0 Å². The van der Waals surface area contributed by atoms with E-state index < -0.39 is 0 Å². The molecule has 0 aliphatic carbocycles. The zero-order valence-corrected chi connectivity index (χ0v) is 11.4. The van der Waals surface area contributed by atoms with E-state index in [0.717, 1.165) is 45.8 Å². The first kappa shape index (κ1) is 14.6. The average molecular weight is 242 g/mol. The Balaban J connectivity index is 2.42. The second kappa shape index (κ2) is 8.64. The summed E-state index contributed by atoms with van der Waals surface area (Å²) < 4.78 is 10.5. The molecular weight excluding hydrogens is 216 g/mol. The quantitative estimate of drug-likeness (QED) is 0.641. The molecule has 1 aliphatic rings. The molecule has 0 bridgehead atoms. The maximum atomic E-state index is 5.30. The summed E-state index contributed by atoms with van der Waals surface area (Å²) in [4.78, 5) is 2.48. The van der Waals surface area contributed by atoms with Crippen LogP contribution in [-0.4, -0.2) is 64.6 Å². The minimum atomic E-state index is 0.472. The number of nitrogens with one attached hydrogen (secondary N) is 1. The first-order chi connectivity index (χ1) is 8.31. The molecule has 0 aromatic carbocycles. The Labute approximate surface area is 105 Å². The van der Waals surface area contributed by atoms with Gasteiger partial charge in [0.25, 0.3) is 0 Å². The third kappa shape index (κ3) is 5.17. The fraction of sp³-hybridized carbons (Fsp3) is 0.846. The van der Waals surface area contributed by atoms with Gasteiger partial charge in [-0.15, -0.1) is 0 Å². The van der Waals surface area contributed by atoms with Crippen LogP contribution in [0.15, 0.2) is 11.6 Å². The van der Waals surface area contributed by atoms with Gasteiger partial charge >= 0.3 is 0 Å². The fourth-order valence-corrected chi connectivity index (χ4v) is 2.17. The van der Waals surface area contributed by atoms with Crippen molar-refractivity contribution < 1.29 is 9.47 Å². The molecule has 17 heavy (non-hydrogen) atoms. The highest BCUT2D eigenvalue weighted by Gasteiger charge is 2.20. The standard InChI is InChI=1S/C13H26N2O2/c1-4-14-9-13(11-17-3)15-7-5-12(6-8-15)10-16-2/h5,13-14H,4,6-11H2,1-3H3. The van der Waals surface area contributed by atoms with E-state index in [1.807, 2.05) is 0 Å². The van der Waals surface area contributed by atoms with Crippen LogP contribution in [0.1, 0.15) is 13.3 Å². The molecular formula is C13H26N2O2.